The summed E-state index contributed by atoms with van der Waals surface area (Å²) in [4.78, 5) is 14.8. The Morgan fingerprint density at radius 2 is 1.75 bits per heavy atom. The summed E-state index contributed by atoms with van der Waals surface area (Å²) in [6, 6.07) is 14.4. The van der Waals surface area contributed by atoms with E-state index >= 15 is 0 Å². The number of aryl methyl sites for hydroxylation is 2. The summed E-state index contributed by atoms with van der Waals surface area (Å²) in [6.45, 7) is 14.7. The van der Waals surface area contributed by atoms with E-state index in [0.717, 1.165) is 41.3 Å². The van der Waals surface area contributed by atoms with Crippen LogP contribution in [0.4, 0.5) is 11.4 Å². The van der Waals surface area contributed by atoms with Gasteiger partial charge >= 0.3 is 0 Å². The topological polar surface area (TPSA) is 63.1 Å². The van der Waals surface area contributed by atoms with Crippen molar-refractivity contribution in [2.75, 3.05) is 29.1 Å². The largest absolute Gasteiger partial charge is 0.372 e. The summed E-state index contributed by atoms with van der Waals surface area (Å²) in [5.41, 5.74) is 5.23. The highest BCUT2D eigenvalue weighted by molar-refractivity contribution is 7.99. The summed E-state index contributed by atoms with van der Waals surface area (Å²) in [6.07, 6.45) is 1.82. The average Bonchev–Trinajstić information content (AvgIpc) is 3.16. The monoisotopic (exact) mass is 449 g/mol. The molecular formula is C25H31N5OS. The highest BCUT2D eigenvalue weighted by Crippen LogP contribution is 2.26. The van der Waals surface area contributed by atoms with Gasteiger partial charge in [0.15, 0.2) is 11.0 Å². The van der Waals surface area contributed by atoms with Crippen LogP contribution in [0.5, 0.6) is 0 Å². The van der Waals surface area contributed by atoms with Crippen LogP contribution in [0, 0.1) is 13.8 Å². The zero-order chi connectivity index (χ0) is 23.1. The average molecular weight is 450 g/mol. The predicted octanol–water partition coefficient (Wildman–Crippen LogP) is 5.32. The van der Waals surface area contributed by atoms with Gasteiger partial charge < -0.3 is 10.2 Å². The van der Waals surface area contributed by atoms with Crippen molar-refractivity contribution in [3.63, 3.8) is 0 Å². The standard InChI is InChI=1S/C25H31N5OS/c1-6-13-30-24(20-9-11-22(12-10-20)29(7-2)8-3)27-28-25(30)32-17-23(31)26-21-15-18(4)14-19(5)16-21/h6,9-12,14-16H,1,7-8,13,17H2,2-5H3,(H,26,31). The Morgan fingerprint density at radius 1 is 1.09 bits per heavy atom. The van der Waals surface area contributed by atoms with Crippen molar-refractivity contribution in [1.29, 1.82) is 0 Å². The number of rotatable bonds is 10. The molecule has 0 saturated heterocycles. The SMILES string of the molecule is C=CCn1c(SCC(=O)Nc2cc(C)cc(C)c2)nnc1-c1ccc(N(CC)CC)cc1. The summed E-state index contributed by atoms with van der Waals surface area (Å²) >= 11 is 1.37. The van der Waals surface area contributed by atoms with E-state index in [-0.39, 0.29) is 11.7 Å². The van der Waals surface area contributed by atoms with E-state index in [9.17, 15) is 4.79 Å². The van der Waals surface area contributed by atoms with Crippen LogP contribution in [0.25, 0.3) is 11.4 Å². The first kappa shape index (κ1) is 23.6. The smallest absolute Gasteiger partial charge is 0.234 e. The maximum absolute atomic E-state index is 12.5. The Morgan fingerprint density at radius 3 is 2.34 bits per heavy atom. The molecule has 0 fully saturated rings. The Kier molecular flexibility index (Phi) is 8.11. The van der Waals surface area contributed by atoms with Gasteiger partial charge in [0.05, 0.1) is 5.75 Å². The van der Waals surface area contributed by atoms with E-state index in [0.29, 0.717) is 11.7 Å². The molecule has 1 heterocycles. The van der Waals surface area contributed by atoms with Crippen molar-refractivity contribution >= 4 is 29.0 Å². The molecule has 0 atom stereocenters. The van der Waals surface area contributed by atoms with Crippen LogP contribution < -0.4 is 10.2 Å². The number of aromatic nitrogens is 3. The predicted molar refractivity (Wildman–Crippen MR) is 134 cm³/mol. The number of amides is 1. The molecule has 7 heteroatoms. The van der Waals surface area contributed by atoms with Crippen molar-refractivity contribution in [2.45, 2.75) is 39.4 Å². The van der Waals surface area contributed by atoms with Crippen LogP contribution in [0.3, 0.4) is 0 Å². The van der Waals surface area contributed by atoms with Crippen LogP contribution >= 0.6 is 11.8 Å². The summed E-state index contributed by atoms with van der Waals surface area (Å²) < 4.78 is 1.99. The van der Waals surface area contributed by atoms with Gasteiger partial charge in [-0.05, 0) is 75.2 Å². The first-order valence-corrected chi connectivity index (χ1v) is 11.8. The third-order valence-corrected chi connectivity index (χ3v) is 6.09. The van der Waals surface area contributed by atoms with E-state index in [1.54, 1.807) is 0 Å². The molecule has 1 N–H and O–H groups in total. The number of nitrogens with one attached hydrogen (secondary N) is 1. The molecular weight excluding hydrogens is 418 g/mol. The lowest BCUT2D eigenvalue weighted by Crippen LogP contribution is -2.21. The van der Waals surface area contributed by atoms with E-state index in [1.807, 2.05) is 36.6 Å². The number of benzene rings is 2. The molecule has 1 aromatic heterocycles. The molecule has 0 spiro atoms. The van der Waals surface area contributed by atoms with Gasteiger partial charge in [-0.15, -0.1) is 16.8 Å². The first-order chi connectivity index (χ1) is 15.4. The molecule has 0 unspecified atom stereocenters. The number of hydrogen-bond acceptors (Lipinski definition) is 5. The minimum absolute atomic E-state index is 0.0710. The quantitative estimate of drug-likeness (QED) is 0.335. The Balaban J connectivity index is 1.73. The minimum Gasteiger partial charge on any atom is -0.372 e. The second-order valence-electron chi connectivity index (χ2n) is 7.64. The Labute approximate surface area is 194 Å². The number of carbonyl (C=O) groups is 1. The fraction of sp³-hybridized carbons (Fsp3) is 0.320. The zero-order valence-electron chi connectivity index (χ0n) is 19.3. The lowest BCUT2D eigenvalue weighted by atomic mass is 10.1. The molecule has 0 aliphatic carbocycles. The molecule has 0 aliphatic heterocycles. The van der Waals surface area contributed by atoms with Gasteiger partial charge in [0.2, 0.25) is 5.91 Å². The third-order valence-electron chi connectivity index (χ3n) is 5.12. The van der Waals surface area contributed by atoms with E-state index < -0.39 is 0 Å². The van der Waals surface area contributed by atoms with Gasteiger partial charge in [0, 0.05) is 36.6 Å². The second-order valence-corrected chi connectivity index (χ2v) is 8.58. The molecule has 168 valence electrons. The number of carbonyl (C=O) groups excluding carboxylic acids is 1. The van der Waals surface area contributed by atoms with Gasteiger partial charge in [0.25, 0.3) is 0 Å². The molecule has 1 amide bonds. The van der Waals surface area contributed by atoms with Crippen LogP contribution in [-0.4, -0.2) is 39.5 Å². The highest BCUT2D eigenvalue weighted by atomic mass is 32.2. The van der Waals surface area contributed by atoms with Gasteiger partial charge in [-0.3, -0.25) is 9.36 Å². The van der Waals surface area contributed by atoms with Crippen molar-refractivity contribution in [3.8, 4) is 11.4 Å². The summed E-state index contributed by atoms with van der Waals surface area (Å²) in [5.74, 6) is 0.954. The zero-order valence-corrected chi connectivity index (χ0v) is 20.1. The minimum atomic E-state index is -0.0710. The Bertz CT molecular complexity index is 1050. The molecule has 0 aliphatic rings. The van der Waals surface area contributed by atoms with Crippen LogP contribution in [-0.2, 0) is 11.3 Å². The summed E-state index contributed by atoms with van der Waals surface area (Å²) in [7, 11) is 0. The van der Waals surface area contributed by atoms with Crippen LogP contribution in [0.2, 0.25) is 0 Å². The molecule has 32 heavy (non-hydrogen) atoms. The maximum atomic E-state index is 12.5. The fourth-order valence-corrected chi connectivity index (χ4v) is 4.43. The van der Waals surface area contributed by atoms with E-state index in [4.69, 9.17) is 0 Å². The van der Waals surface area contributed by atoms with Gasteiger partial charge in [0.1, 0.15) is 0 Å². The first-order valence-electron chi connectivity index (χ1n) is 10.9. The molecule has 6 nitrogen and oxygen atoms in total. The van der Waals surface area contributed by atoms with Gasteiger partial charge in [-0.1, -0.05) is 23.9 Å². The maximum Gasteiger partial charge on any atom is 0.234 e. The van der Waals surface area contributed by atoms with Crippen molar-refractivity contribution in [1.82, 2.24) is 14.8 Å². The third kappa shape index (κ3) is 5.79. The lowest BCUT2D eigenvalue weighted by molar-refractivity contribution is -0.113. The van der Waals surface area contributed by atoms with Crippen molar-refractivity contribution in [3.05, 3.63) is 66.2 Å². The lowest BCUT2D eigenvalue weighted by Gasteiger charge is -2.21. The molecule has 3 aromatic rings. The fourth-order valence-electron chi connectivity index (χ4n) is 3.69. The molecule has 3 rings (SSSR count). The summed E-state index contributed by atoms with van der Waals surface area (Å²) in [5, 5.41) is 12.4. The van der Waals surface area contributed by atoms with Gasteiger partial charge in [-0.25, -0.2) is 0 Å². The number of anilines is 2. The molecule has 2 aromatic carbocycles. The van der Waals surface area contributed by atoms with E-state index in [2.05, 4.69) is 71.2 Å². The number of hydrogen-bond donors (Lipinski definition) is 1. The second kappa shape index (κ2) is 11.0. The number of allylic oxidation sites excluding steroid dienone is 1. The molecule has 0 saturated carbocycles. The molecule has 0 bridgehead atoms. The molecule has 0 radical (unpaired) electrons. The Hall–Kier alpha value is -3.06. The van der Waals surface area contributed by atoms with E-state index in [1.165, 1.54) is 17.4 Å². The van der Waals surface area contributed by atoms with Crippen molar-refractivity contribution in [2.24, 2.45) is 0 Å². The van der Waals surface area contributed by atoms with Crippen LogP contribution in [0.15, 0.2) is 60.3 Å². The van der Waals surface area contributed by atoms with Crippen LogP contribution in [0.1, 0.15) is 25.0 Å². The normalized spacial score (nSPS) is 10.8. The number of thioether (sulfide) groups is 1. The van der Waals surface area contributed by atoms with Crippen molar-refractivity contribution < 1.29 is 4.79 Å². The van der Waals surface area contributed by atoms with Gasteiger partial charge in [-0.2, -0.15) is 0 Å². The number of nitrogens with zero attached hydrogens (tertiary/aromatic N) is 4. The highest BCUT2D eigenvalue weighted by Gasteiger charge is 2.15.